The SMILES string of the molecule is CC(C)(C)c1cnc(CN2CCCC(CCO)C2)o1. The molecule has 1 fully saturated rings. The van der Waals surface area contributed by atoms with E-state index in [4.69, 9.17) is 9.52 Å². The highest BCUT2D eigenvalue weighted by molar-refractivity contribution is 5.06. The summed E-state index contributed by atoms with van der Waals surface area (Å²) in [5, 5.41) is 9.04. The predicted octanol–water partition coefficient (Wildman–Crippen LogP) is 2.57. The highest BCUT2D eigenvalue weighted by atomic mass is 16.4. The number of rotatable bonds is 4. The van der Waals surface area contributed by atoms with Gasteiger partial charge >= 0.3 is 0 Å². The zero-order valence-electron chi connectivity index (χ0n) is 12.4. The van der Waals surface area contributed by atoms with Crippen LogP contribution in [0, 0.1) is 5.92 Å². The maximum Gasteiger partial charge on any atom is 0.208 e. The number of hydrogen-bond donors (Lipinski definition) is 1. The smallest absolute Gasteiger partial charge is 0.208 e. The van der Waals surface area contributed by atoms with E-state index < -0.39 is 0 Å². The van der Waals surface area contributed by atoms with Crippen LogP contribution in [0.5, 0.6) is 0 Å². The first-order chi connectivity index (χ1) is 8.99. The van der Waals surface area contributed by atoms with Crippen LogP contribution in [0.25, 0.3) is 0 Å². The molecule has 1 unspecified atom stereocenters. The lowest BCUT2D eigenvalue weighted by molar-refractivity contribution is 0.132. The summed E-state index contributed by atoms with van der Waals surface area (Å²) in [6.45, 7) is 9.65. The van der Waals surface area contributed by atoms with Crippen molar-refractivity contribution in [3.05, 3.63) is 17.8 Å². The first kappa shape index (κ1) is 14.5. The summed E-state index contributed by atoms with van der Waals surface area (Å²) in [5.41, 5.74) is 0.0204. The number of oxazole rings is 1. The quantitative estimate of drug-likeness (QED) is 0.910. The molecular weight excluding hydrogens is 240 g/mol. The van der Waals surface area contributed by atoms with Gasteiger partial charge in [-0.25, -0.2) is 4.98 Å². The fraction of sp³-hybridized carbons (Fsp3) is 0.800. The first-order valence-electron chi connectivity index (χ1n) is 7.27. The monoisotopic (exact) mass is 266 g/mol. The second-order valence-corrected chi connectivity index (χ2v) is 6.62. The second kappa shape index (κ2) is 6.06. The van der Waals surface area contributed by atoms with Crippen LogP contribution < -0.4 is 0 Å². The Morgan fingerprint density at radius 2 is 2.26 bits per heavy atom. The summed E-state index contributed by atoms with van der Waals surface area (Å²) < 4.78 is 5.84. The Balaban J connectivity index is 1.92. The van der Waals surface area contributed by atoms with Crippen molar-refractivity contribution in [1.29, 1.82) is 0 Å². The average Bonchev–Trinajstić information content (AvgIpc) is 2.78. The summed E-state index contributed by atoms with van der Waals surface area (Å²) in [5.74, 6) is 2.39. The predicted molar refractivity (Wildman–Crippen MR) is 74.9 cm³/mol. The summed E-state index contributed by atoms with van der Waals surface area (Å²) in [6.07, 6.45) is 5.20. The van der Waals surface area contributed by atoms with E-state index in [-0.39, 0.29) is 5.41 Å². The van der Waals surface area contributed by atoms with Crippen LogP contribution >= 0.6 is 0 Å². The van der Waals surface area contributed by atoms with Crippen molar-refractivity contribution < 1.29 is 9.52 Å². The summed E-state index contributed by atoms with van der Waals surface area (Å²) in [4.78, 5) is 6.78. The Morgan fingerprint density at radius 1 is 1.47 bits per heavy atom. The van der Waals surface area contributed by atoms with E-state index in [1.807, 2.05) is 6.20 Å². The van der Waals surface area contributed by atoms with E-state index in [0.717, 1.165) is 37.7 Å². The minimum Gasteiger partial charge on any atom is -0.444 e. The van der Waals surface area contributed by atoms with Gasteiger partial charge in [0, 0.05) is 18.6 Å². The van der Waals surface area contributed by atoms with E-state index in [2.05, 4.69) is 30.7 Å². The molecule has 1 aromatic rings. The van der Waals surface area contributed by atoms with Crippen molar-refractivity contribution in [3.63, 3.8) is 0 Å². The van der Waals surface area contributed by atoms with Gasteiger partial charge in [-0.2, -0.15) is 0 Å². The molecule has 4 nitrogen and oxygen atoms in total. The Bertz CT molecular complexity index is 393. The number of aliphatic hydroxyl groups excluding tert-OH is 1. The molecule has 0 bridgehead atoms. The lowest BCUT2D eigenvalue weighted by Crippen LogP contribution is -2.35. The Morgan fingerprint density at radius 3 is 2.89 bits per heavy atom. The van der Waals surface area contributed by atoms with Crippen LogP contribution in [0.15, 0.2) is 10.6 Å². The van der Waals surface area contributed by atoms with Crippen molar-refractivity contribution in [2.45, 2.75) is 52.0 Å². The lowest BCUT2D eigenvalue weighted by Gasteiger charge is -2.31. The maximum absolute atomic E-state index is 9.04. The molecule has 2 rings (SSSR count). The molecule has 108 valence electrons. The molecule has 2 heterocycles. The molecule has 19 heavy (non-hydrogen) atoms. The molecule has 0 spiro atoms. The largest absolute Gasteiger partial charge is 0.444 e. The van der Waals surface area contributed by atoms with Gasteiger partial charge in [0.1, 0.15) is 5.76 Å². The third-order valence-corrected chi connectivity index (χ3v) is 3.79. The fourth-order valence-corrected chi connectivity index (χ4v) is 2.63. The second-order valence-electron chi connectivity index (χ2n) is 6.62. The van der Waals surface area contributed by atoms with Crippen LogP contribution in [-0.4, -0.2) is 34.7 Å². The van der Waals surface area contributed by atoms with E-state index >= 15 is 0 Å². The zero-order chi connectivity index (χ0) is 13.9. The van der Waals surface area contributed by atoms with Gasteiger partial charge in [0.25, 0.3) is 0 Å². The normalized spacial score (nSPS) is 21.8. The van der Waals surface area contributed by atoms with Gasteiger partial charge in [-0.05, 0) is 31.7 Å². The maximum atomic E-state index is 9.04. The number of hydrogen-bond acceptors (Lipinski definition) is 4. The molecule has 1 atom stereocenters. The molecule has 1 aliphatic rings. The van der Waals surface area contributed by atoms with E-state index in [1.165, 1.54) is 12.8 Å². The summed E-state index contributed by atoms with van der Waals surface area (Å²) >= 11 is 0. The van der Waals surface area contributed by atoms with Crippen LogP contribution in [0.1, 0.15) is 51.7 Å². The van der Waals surface area contributed by atoms with E-state index in [0.29, 0.717) is 12.5 Å². The summed E-state index contributed by atoms with van der Waals surface area (Å²) in [7, 11) is 0. The molecule has 0 radical (unpaired) electrons. The van der Waals surface area contributed by atoms with Crippen LogP contribution in [-0.2, 0) is 12.0 Å². The third kappa shape index (κ3) is 4.05. The highest BCUT2D eigenvalue weighted by Gasteiger charge is 2.23. The third-order valence-electron chi connectivity index (χ3n) is 3.79. The minimum absolute atomic E-state index is 0.0204. The molecule has 1 N–H and O–H groups in total. The molecule has 1 aromatic heterocycles. The number of aliphatic hydroxyl groups is 1. The summed E-state index contributed by atoms with van der Waals surface area (Å²) in [6, 6.07) is 0. The number of nitrogens with zero attached hydrogens (tertiary/aromatic N) is 2. The standard InChI is InChI=1S/C15H26N2O2/c1-15(2,3)13-9-16-14(19-13)11-17-7-4-5-12(10-17)6-8-18/h9,12,18H,4-8,10-11H2,1-3H3. The van der Waals surface area contributed by atoms with Gasteiger partial charge in [-0.3, -0.25) is 4.90 Å². The first-order valence-corrected chi connectivity index (χ1v) is 7.27. The number of aromatic nitrogens is 1. The topological polar surface area (TPSA) is 49.5 Å². The van der Waals surface area contributed by atoms with Gasteiger partial charge in [0.05, 0.1) is 12.7 Å². The minimum atomic E-state index is 0.0204. The van der Waals surface area contributed by atoms with Crippen molar-refractivity contribution >= 4 is 0 Å². The molecule has 1 aliphatic heterocycles. The van der Waals surface area contributed by atoms with Gasteiger partial charge in [0.2, 0.25) is 5.89 Å². The molecule has 0 aromatic carbocycles. The molecule has 0 saturated carbocycles. The molecular formula is C15H26N2O2. The Labute approximate surface area is 115 Å². The van der Waals surface area contributed by atoms with Gasteiger partial charge in [0.15, 0.2) is 0 Å². The van der Waals surface area contributed by atoms with Crippen LogP contribution in [0.3, 0.4) is 0 Å². The molecule has 0 aliphatic carbocycles. The van der Waals surface area contributed by atoms with E-state index in [9.17, 15) is 0 Å². The van der Waals surface area contributed by atoms with Crippen molar-refractivity contribution in [2.75, 3.05) is 19.7 Å². The van der Waals surface area contributed by atoms with Crippen molar-refractivity contribution in [1.82, 2.24) is 9.88 Å². The number of likely N-dealkylation sites (tertiary alicyclic amines) is 1. The zero-order valence-corrected chi connectivity index (χ0v) is 12.4. The van der Waals surface area contributed by atoms with Gasteiger partial charge in [-0.1, -0.05) is 20.8 Å². The average molecular weight is 266 g/mol. The lowest BCUT2D eigenvalue weighted by atomic mass is 9.94. The highest BCUT2D eigenvalue weighted by Crippen LogP contribution is 2.24. The van der Waals surface area contributed by atoms with Crippen LogP contribution in [0.4, 0.5) is 0 Å². The molecule has 1 saturated heterocycles. The van der Waals surface area contributed by atoms with Crippen molar-refractivity contribution in [3.8, 4) is 0 Å². The molecule has 0 amide bonds. The number of piperidine rings is 1. The molecule has 4 heteroatoms. The van der Waals surface area contributed by atoms with Gasteiger partial charge in [-0.15, -0.1) is 0 Å². The van der Waals surface area contributed by atoms with Gasteiger partial charge < -0.3 is 9.52 Å². The van der Waals surface area contributed by atoms with Crippen LogP contribution in [0.2, 0.25) is 0 Å². The van der Waals surface area contributed by atoms with E-state index in [1.54, 1.807) is 0 Å². The van der Waals surface area contributed by atoms with Crippen molar-refractivity contribution in [2.24, 2.45) is 5.92 Å². The fourth-order valence-electron chi connectivity index (χ4n) is 2.63. The Kier molecular flexibility index (Phi) is 4.63. The Hall–Kier alpha value is -0.870.